The zero-order valence-corrected chi connectivity index (χ0v) is 11.5. The first-order valence-corrected chi connectivity index (χ1v) is 6.65. The molecule has 0 bridgehead atoms. The number of benzene rings is 1. The highest BCUT2D eigenvalue weighted by Gasteiger charge is 2.22. The first-order valence-electron chi connectivity index (χ1n) is 6.65. The van der Waals surface area contributed by atoms with Crippen LogP contribution in [0.2, 0.25) is 0 Å². The fraction of sp³-hybridized carbons (Fsp3) is 0.467. The third-order valence-electron chi connectivity index (χ3n) is 3.70. The number of ketones is 1. The van der Waals surface area contributed by atoms with Gasteiger partial charge in [0.2, 0.25) is 0 Å². The van der Waals surface area contributed by atoms with Crippen LogP contribution in [0.1, 0.15) is 47.7 Å². The van der Waals surface area contributed by atoms with Gasteiger partial charge in [0.15, 0.2) is 5.78 Å². The lowest BCUT2D eigenvalue weighted by Crippen LogP contribution is -2.31. The molecule has 1 aliphatic heterocycles. The number of aryl methyl sites for hydroxylation is 1. The molecule has 0 amide bonds. The van der Waals surface area contributed by atoms with Crippen molar-refractivity contribution < 1.29 is 4.79 Å². The number of rotatable bonds is 2. The van der Waals surface area contributed by atoms with Gasteiger partial charge in [0.25, 0.3) is 0 Å². The highest BCUT2D eigenvalue weighted by molar-refractivity contribution is 6.06. The summed E-state index contributed by atoms with van der Waals surface area (Å²) >= 11 is 0. The maximum absolute atomic E-state index is 11.9. The average Bonchev–Trinajstić information content (AvgIpc) is 2.39. The van der Waals surface area contributed by atoms with E-state index in [9.17, 15) is 4.79 Å². The van der Waals surface area contributed by atoms with E-state index in [-0.39, 0.29) is 5.78 Å². The van der Waals surface area contributed by atoms with Crippen LogP contribution in [0, 0.1) is 18.3 Å². The van der Waals surface area contributed by atoms with E-state index in [1.165, 1.54) is 13.3 Å². The maximum atomic E-state index is 11.9. The molecule has 1 aromatic carbocycles. The van der Waals surface area contributed by atoms with Crippen molar-refractivity contribution in [3.8, 4) is 6.07 Å². The van der Waals surface area contributed by atoms with Crippen LogP contribution in [-0.2, 0) is 0 Å². The van der Waals surface area contributed by atoms with Gasteiger partial charge in [-0.25, -0.2) is 0 Å². The molecule has 0 atom stereocenters. The van der Waals surface area contributed by atoms with Crippen LogP contribution in [0.25, 0.3) is 0 Å². The number of piperidine rings is 1. The Morgan fingerprint density at radius 2 is 2.00 bits per heavy atom. The molecule has 0 spiro atoms. The number of anilines is 2. The summed E-state index contributed by atoms with van der Waals surface area (Å²) in [5.74, 6) is -0.0745. The minimum atomic E-state index is -0.0745. The predicted octanol–water partition coefficient (Wildman–Crippen LogP) is 2.64. The summed E-state index contributed by atoms with van der Waals surface area (Å²) in [5.41, 5.74) is 9.02. The molecule has 4 heteroatoms. The summed E-state index contributed by atoms with van der Waals surface area (Å²) in [7, 11) is 0. The highest BCUT2D eigenvalue weighted by Crippen LogP contribution is 2.33. The maximum Gasteiger partial charge on any atom is 0.164 e. The van der Waals surface area contributed by atoms with Crippen LogP contribution < -0.4 is 10.6 Å². The molecule has 0 radical (unpaired) electrons. The molecule has 2 N–H and O–H groups in total. The van der Waals surface area contributed by atoms with Crippen molar-refractivity contribution in [3.05, 3.63) is 22.8 Å². The monoisotopic (exact) mass is 257 g/mol. The lowest BCUT2D eigenvalue weighted by Gasteiger charge is -2.31. The van der Waals surface area contributed by atoms with Crippen LogP contribution in [0.3, 0.4) is 0 Å². The molecule has 100 valence electrons. The van der Waals surface area contributed by atoms with Crippen LogP contribution in [-0.4, -0.2) is 18.9 Å². The predicted molar refractivity (Wildman–Crippen MR) is 76.4 cm³/mol. The Bertz CT molecular complexity index is 551. The zero-order chi connectivity index (χ0) is 14.0. The van der Waals surface area contributed by atoms with Crippen molar-refractivity contribution in [1.29, 1.82) is 5.26 Å². The normalized spacial score (nSPS) is 15.1. The summed E-state index contributed by atoms with van der Waals surface area (Å²) in [4.78, 5) is 14.1. The van der Waals surface area contributed by atoms with Crippen molar-refractivity contribution in [2.45, 2.75) is 33.1 Å². The molecule has 0 unspecified atom stereocenters. The highest BCUT2D eigenvalue weighted by atomic mass is 16.1. The number of hydrogen-bond donors (Lipinski definition) is 1. The Labute approximate surface area is 113 Å². The van der Waals surface area contributed by atoms with Crippen molar-refractivity contribution in [2.24, 2.45) is 0 Å². The second-order valence-corrected chi connectivity index (χ2v) is 5.09. The number of nitriles is 1. The first kappa shape index (κ1) is 13.4. The topological polar surface area (TPSA) is 70.1 Å². The van der Waals surface area contributed by atoms with Gasteiger partial charge in [-0.3, -0.25) is 4.79 Å². The van der Waals surface area contributed by atoms with E-state index in [2.05, 4.69) is 11.0 Å². The third-order valence-corrected chi connectivity index (χ3v) is 3.70. The summed E-state index contributed by atoms with van der Waals surface area (Å²) in [5, 5.41) is 9.15. The number of nitrogens with zero attached hydrogens (tertiary/aromatic N) is 2. The molecule has 1 aromatic rings. The molecule has 1 heterocycles. The molecule has 0 aromatic heterocycles. The van der Waals surface area contributed by atoms with Crippen molar-refractivity contribution in [3.63, 3.8) is 0 Å². The van der Waals surface area contributed by atoms with Crippen molar-refractivity contribution in [1.82, 2.24) is 0 Å². The molecule has 0 aliphatic carbocycles. The van der Waals surface area contributed by atoms with Crippen LogP contribution in [0.4, 0.5) is 11.4 Å². The van der Waals surface area contributed by atoms with Gasteiger partial charge in [-0.05, 0) is 44.7 Å². The Morgan fingerprint density at radius 3 is 2.53 bits per heavy atom. The summed E-state index contributed by atoms with van der Waals surface area (Å²) in [6.07, 6.45) is 3.50. The molecule has 2 rings (SSSR count). The van der Waals surface area contributed by atoms with Crippen LogP contribution >= 0.6 is 0 Å². The van der Waals surface area contributed by atoms with Gasteiger partial charge in [0, 0.05) is 18.8 Å². The largest absolute Gasteiger partial charge is 0.397 e. The lowest BCUT2D eigenvalue weighted by atomic mass is 9.96. The van der Waals surface area contributed by atoms with E-state index in [0.29, 0.717) is 16.8 Å². The standard InChI is InChI=1S/C15H19N3O/c1-10-8-13(18-6-4-3-5-7-18)14(11(2)19)15(17)12(10)9-16/h8H,3-7,17H2,1-2H3. The Kier molecular flexibility index (Phi) is 3.75. The lowest BCUT2D eigenvalue weighted by molar-refractivity contribution is 0.101. The zero-order valence-electron chi connectivity index (χ0n) is 11.5. The van der Waals surface area contributed by atoms with Gasteiger partial charge < -0.3 is 10.6 Å². The Hall–Kier alpha value is -2.02. The fourth-order valence-electron chi connectivity index (χ4n) is 2.73. The summed E-state index contributed by atoms with van der Waals surface area (Å²) in [6, 6.07) is 4.02. The molecular weight excluding hydrogens is 238 g/mol. The average molecular weight is 257 g/mol. The van der Waals surface area contributed by atoms with Gasteiger partial charge in [-0.2, -0.15) is 5.26 Å². The molecular formula is C15H19N3O. The van der Waals surface area contributed by atoms with Crippen LogP contribution in [0.5, 0.6) is 0 Å². The smallest absolute Gasteiger partial charge is 0.164 e. The minimum absolute atomic E-state index is 0.0745. The number of carbonyl (C=O) groups is 1. The summed E-state index contributed by atoms with van der Waals surface area (Å²) in [6.45, 7) is 5.28. The molecule has 0 saturated carbocycles. The third kappa shape index (κ3) is 2.41. The number of nitrogen functional groups attached to an aromatic ring is 1. The second-order valence-electron chi connectivity index (χ2n) is 5.09. The molecule has 1 saturated heterocycles. The van der Waals surface area contributed by atoms with E-state index in [1.54, 1.807) is 0 Å². The Morgan fingerprint density at radius 1 is 1.37 bits per heavy atom. The van der Waals surface area contributed by atoms with Crippen LogP contribution in [0.15, 0.2) is 6.07 Å². The van der Waals surface area contributed by atoms with Gasteiger partial charge in [0.05, 0.1) is 16.8 Å². The van der Waals surface area contributed by atoms with Crippen molar-refractivity contribution >= 4 is 17.2 Å². The van der Waals surface area contributed by atoms with E-state index in [4.69, 9.17) is 11.0 Å². The fourth-order valence-corrected chi connectivity index (χ4v) is 2.73. The molecule has 1 fully saturated rings. The van der Waals surface area contributed by atoms with E-state index < -0.39 is 0 Å². The second kappa shape index (κ2) is 5.31. The van der Waals surface area contributed by atoms with Gasteiger partial charge >= 0.3 is 0 Å². The molecule has 1 aliphatic rings. The SMILES string of the molecule is CC(=O)c1c(N2CCCCC2)cc(C)c(C#N)c1N. The van der Waals surface area contributed by atoms with Crippen molar-refractivity contribution in [2.75, 3.05) is 23.7 Å². The number of Topliss-reactive ketones (excluding diaryl/α,β-unsaturated/α-hetero) is 1. The number of nitrogens with two attached hydrogens (primary N) is 1. The quantitative estimate of drug-likeness (QED) is 0.653. The minimum Gasteiger partial charge on any atom is -0.397 e. The Balaban J connectivity index is 2.59. The van der Waals surface area contributed by atoms with Gasteiger partial charge in [0.1, 0.15) is 6.07 Å². The number of hydrogen-bond acceptors (Lipinski definition) is 4. The molecule has 19 heavy (non-hydrogen) atoms. The van der Waals surface area contributed by atoms with Gasteiger partial charge in [-0.1, -0.05) is 0 Å². The van der Waals surface area contributed by atoms with E-state index in [0.717, 1.165) is 37.2 Å². The first-order chi connectivity index (χ1) is 9.06. The van der Waals surface area contributed by atoms with E-state index in [1.807, 2.05) is 13.0 Å². The number of carbonyl (C=O) groups excluding carboxylic acids is 1. The van der Waals surface area contributed by atoms with Gasteiger partial charge in [-0.15, -0.1) is 0 Å². The van der Waals surface area contributed by atoms with E-state index >= 15 is 0 Å². The summed E-state index contributed by atoms with van der Waals surface area (Å²) < 4.78 is 0. The molecule has 4 nitrogen and oxygen atoms in total.